The highest BCUT2D eigenvalue weighted by molar-refractivity contribution is 7.11. The van der Waals surface area contributed by atoms with E-state index in [9.17, 15) is 4.79 Å². The van der Waals surface area contributed by atoms with Gasteiger partial charge in [0.15, 0.2) is 5.82 Å². The Hall–Kier alpha value is -1.67. The van der Waals surface area contributed by atoms with Crippen LogP contribution < -0.4 is 11.1 Å². The molecule has 2 rings (SSSR count). The largest absolute Gasteiger partial charge is 0.465 e. The fourth-order valence-corrected chi connectivity index (χ4v) is 2.73. The number of nitrogens with two attached hydrogens (primary N) is 1. The standard InChI is InChI=1S/C10H12N4O2S2/c1-16-10(15)7-8(11)14-18-9(7)13-3-2-6-12-4-5-17-6/h4-5,13H,2-3H2,1H3,(H2,11,14). The van der Waals surface area contributed by atoms with Gasteiger partial charge in [0.1, 0.15) is 10.6 Å². The van der Waals surface area contributed by atoms with Crippen LogP contribution in [0, 0.1) is 0 Å². The predicted molar refractivity (Wildman–Crippen MR) is 72.2 cm³/mol. The van der Waals surface area contributed by atoms with E-state index in [0.717, 1.165) is 23.0 Å². The molecule has 0 atom stereocenters. The highest BCUT2D eigenvalue weighted by Gasteiger charge is 2.19. The molecule has 2 aromatic rings. The van der Waals surface area contributed by atoms with Crippen LogP contribution in [0.1, 0.15) is 15.4 Å². The summed E-state index contributed by atoms with van der Waals surface area (Å²) in [5.41, 5.74) is 5.94. The predicted octanol–water partition coefficient (Wildman–Crippen LogP) is 1.62. The van der Waals surface area contributed by atoms with Crippen LogP contribution in [-0.2, 0) is 11.2 Å². The van der Waals surface area contributed by atoms with Crippen molar-refractivity contribution in [1.82, 2.24) is 9.36 Å². The monoisotopic (exact) mass is 284 g/mol. The van der Waals surface area contributed by atoms with Gasteiger partial charge in [-0.1, -0.05) is 0 Å². The van der Waals surface area contributed by atoms with E-state index in [1.165, 1.54) is 7.11 Å². The highest BCUT2D eigenvalue weighted by atomic mass is 32.1. The van der Waals surface area contributed by atoms with Gasteiger partial charge in [-0.05, 0) is 11.5 Å². The third-order valence-electron chi connectivity index (χ3n) is 2.22. The number of thiazole rings is 1. The maximum atomic E-state index is 11.5. The van der Waals surface area contributed by atoms with Crippen molar-refractivity contribution in [3.63, 3.8) is 0 Å². The fraction of sp³-hybridized carbons (Fsp3) is 0.300. The molecular formula is C10H12N4O2S2. The normalized spacial score (nSPS) is 10.3. The van der Waals surface area contributed by atoms with E-state index in [1.807, 2.05) is 5.38 Å². The minimum atomic E-state index is -0.474. The number of esters is 1. The van der Waals surface area contributed by atoms with Crippen molar-refractivity contribution in [2.75, 3.05) is 24.7 Å². The average Bonchev–Trinajstić information content (AvgIpc) is 2.99. The number of aromatic nitrogens is 2. The molecule has 0 aliphatic rings. The summed E-state index contributed by atoms with van der Waals surface area (Å²) in [7, 11) is 1.32. The first kappa shape index (κ1) is 12.8. The van der Waals surface area contributed by atoms with Gasteiger partial charge in [-0.3, -0.25) is 0 Å². The Morgan fingerprint density at radius 2 is 2.44 bits per heavy atom. The number of nitrogens with zero attached hydrogens (tertiary/aromatic N) is 2. The second-order valence-corrected chi connectivity index (χ2v) is 5.12. The summed E-state index contributed by atoms with van der Waals surface area (Å²) in [4.78, 5) is 15.7. The molecule has 0 aliphatic carbocycles. The molecule has 8 heteroatoms. The maximum absolute atomic E-state index is 11.5. The Labute approximate surface area is 112 Å². The van der Waals surface area contributed by atoms with Crippen molar-refractivity contribution in [3.8, 4) is 0 Å². The van der Waals surface area contributed by atoms with Gasteiger partial charge >= 0.3 is 5.97 Å². The van der Waals surface area contributed by atoms with Crippen molar-refractivity contribution >= 4 is 39.7 Å². The molecule has 0 saturated heterocycles. The van der Waals surface area contributed by atoms with Crippen LogP contribution in [0.25, 0.3) is 0 Å². The van der Waals surface area contributed by atoms with Crippen molar-refractivity contribution in [2.24, 2.45) is 0 Å². The number of nitrogen functional groups attached to an aromatic ring is 1. The molecule has 0 amide bonds. The first-order valence-corrected chi connectivity index (χ1v) is 6.83. The first-order chi connectivity index (χ1) is 8.72. The lowest BCUT2D eigenvalue weighted by atomic mass is 10.3. The molecule has 0 fully saturated rings. The van der Waals surface area contributed by atoms with Crippen LogP contribution in [-0.4, -0.2) is 29.0 Å². The van der Waals surface area contributed by atoms with Crippen LogP contribution in [0.4, 0.5) is 10.8 Å². The number of nitrogens with one attached hydrogen (secondary N) is 1. The highest BCUT2D eigenvalue weighted by Crippen LogP contribution is 2.27. The zero-order valence-electron chi connectivity index (χ0n) is 9.67. The SMILES string of the molecule is COC(=O)c1c(N)nsc1NCCc1nccs1. The molecule has 0 bridgehead atoms. The quantitative estimate of drug-likeness (QED) is 0.811. The lowest BCUT2D eigenvalue weighted by molar-refractivity contribution is 0.0603. The molecule has 0 spiro atoms. The number of methoxy groups -OCH3 is 1. The molecule has 0 unspecified atom stereocenters. The summed E-state index contributed by atoms with van der Waals surface area (Å²) < 4.78 is 8.61. The Morgan fingerprint density at radius 3 is 3.11 bits per heavy atom. The van der Waals surface area contributed by atoms with Crippen LogP contribution in [0.3, 0.4) is 0 Å². The van der Waals surface area contributed by atoms with Gasteiger partial charge in [0, 0.05) is 24.5 Å². The summed E-state index contributed by atoms with van der Waals surface area (Å²) in [5.74, 6) is -0.276. The number of hydrogen-bond acceptors (Lipinski definition) is 8. The maximum Gasteiger partial charge on any atom is 0.344 e. The molecular weight excluding hydrogens is 272 g/mol. The molecule has 0 radical (unpaired) electrons. The smallest absolute Gasteiger partial charge is 0.344 e. The van der Waals surface area contributed by atoms with Crippen molar-refractivity contribution in [2.45, 2.75) is 6.42 Å². The Kier molecular flexibility index (Phi) is 4.11. The van der Waals surface area contributed by atoms with Crippen LogP contribution in [0.15, 0.2) is 11.6 Å². The molecule has 2 aromatic heterocycles. The molecule has 0 aromatic carbocycles. The van der Waals surface area contributed by atoms with Crippen LogP contribution in [0.2, 0.25) is 0 Å². The van der Waals surface area contributed by atoms with Gasteiger partial charge in [0.2, 0.25) is 0 Å². The van der Waals surface area contributed by atoms with E-state index in [0.29, 0.717) is 17.1 Å². The molecule has 0 aliphatic heterocycles. The molecule has 0 saturated carbocycles. The van der Waals surface area contributed by atoms with E-state index in [4.69, 9.17) is 5.73 Å². The number of carbonyl (C=O) groups excluding carboxylic acids is 1. The summed E-state index contributed by atoms with van der Waals surface area (Å²) in [6.07, 6.45) is 2.56. The van der Waals surface area contributed by atoms with Gasteiger partial charge in [0.05, 0.1) is 12.1 Å². The zero-order chi connectivity index (χ0) is 13.0. The molecule has 2 heterocycles. The van der Waals surface area contributed by atoms with E-state index >= 15 is 0 Å². The van der Waals surface area contributed by atoms with Crippen LogP contribution >= 0.6 is 22.9 Å². The number of anilines is 2. The minimum absolute atomic E-state index is 0.198. The molecule has 18 heavy (non-hydrogen) atoms. The zero-order valence-corrected chi connectivity index (χ0v) is 11.3. The van der Waals surface area contributed by atoms with Gasteiger partial charge in [-0.2, -0.15) is 4.37 Å². The average molecular weight is 284 g/mol. The van der Waals surface area contributed by atoms with E-state index in [-0.39, 0.29) is 5.82 Å². The second-order valence-electron chi connectivity index (χ2n) is 3.37. The molecule has 3 N–H and O–H groups in total. The lowest BCUT2D eigenvalue weighted by Gasteiger charge is -2.04. The van der Waals surface area contributed by atoms with E-state index in [1.54, 1.807) is 17.5 Å². The van der Waals surface area contributed by atoms with Gasteiger partial charge in [0.25, 0.3) is 0 Å². The summed E-state index contributed by atoms with van der Waals surface area (Å²) in [6, 6.07) is 0. The number of rotatable bonds is 5. The Morgan fingerprint density at radius 1 is 1.61 bits per heavy atom. The fourth-order valence-electron chi connectivity index (χ4n) is 1.38. The molecule has 96 valence electrons. The summed E-state index contributed by atoms with van der Waals surface area (Å²) in [6.45, 7) is 0.666. The minimum Gasteiger partial charge on any atom is -0.465 e. The van der Waals surface area contributed by atoms with Crippen molar-refractivity contribution in [1.29, 1.82) is 0 Å². The number of ether oxygens (including phenoxy) is 1. The first-order valence-electron chi connectivity index (χ1n) is 5.18. The van der Waals surface area contributed by atoms with Crippen LogP contribution in [0.5, 0.6) is 0 Å². The lowest BCUT2D eigenvalue weighted by Crippen LogP contribution is -2.10. The Bertz CT molecular complexity index is 524. The second kappa shape index (κ2) is 5.78. The van der Waals surface area contributed by atoms with Crippen molar-refractivity contribution < 1.29 is 9.53 Å². The number of hydrogen-bond donors (Lipinski definition) is 2. The summed E-state index contributed by atoms with van der Waals surface area (Å²) >= 11 is 2.75. The van der Waals surface area contributed by atoms with Gasteiger partial charge in [-0.15, -0.1) is 11.3 Å². The van der Waals surface area contributed by atoms with E-state index in [2.05, 4.69) is 19.4 Å². The number of carbonyl (C=O) groups is 1. The van der Waals surface area contributed by atoms with Crippen molar-refractivity contribution in [3.05, 3.63) is 22.1 Å². The summed E-state index contributed by atoms with van der Waals surface area (Å²) in [5, 5.41) is 6.74. The van der Waals surface area contributed by atoms with E-state index < -0.39 is 5.97 Å². The third kappa shape index (κ3) is 2.77. The topological polar surface area (TPSA) is 90.1 Å². The van der Waals surface area contributed by atoms with Gasteiger partial charge < -0.3 is 15.8 Å². The third-order valence-corrected chi connectivity index (χ3v) is 3.87. The Balaban J connectivity index is 1.99. The van der Waals surface area contributed by atoms with Gasteiger partial charge in [-0.25, -0.2) is 9.78 Å². The molecule has 6 nitrogen and oxygen atoms in total.